The summed E-state index contributed by atoms with van der Waals surface area (Å²) in [6.07, 6.45) is 0.559. The van der Waals surface area contributed by atoms with Crippen LogP contribution in [0.5, 0.6) is 0 Å². The van der Waals surface area contributed by atoms with Gasteiger partial charge in [-0.05, 0) is 41.7 Å². The molecule has 0 bridgehead atoms. The molecule has 1 unspecified atom stereocenters. The average Bonchev–Trinajstić information content (AvgIpc) is 2.83. The number of amides is 2. The predicted molar refractivity (Wildman–Crippen MR) is 144 cm³/mol. The van der Waals surface area contributed by atoms with Crippen LogP contribution in [-0.4, -0.2) is 29.3 Å². The van der Waals surface area contributed by atoms with Gasteiger partial charge in [0.1, 0.15) is 6.04 Å². The van der Waals surface area contributed by atoms with Crippen molar-refractivity contribution in [1.29, 1.82) is 0 Å². The minimum Gasteiger partial charge on any atom is -0.354 e. The first-order valence-electron chi connectivity index (χ1n) is 11.8. The first kappa shape index (κ1) is 26.8. The Hall–Kier alpha value is -2.82. The molecule has 6 heteroatoms. The summed E-state index contributed by atoms with van der Waals surface area (Å²) >= 11 is 13.0. The van der Waals surface area contributed by atoms with E-state index >= 15 is 0 Å². The van der Waals surface area contributed by atoms with E-state index in [1.807, 2.05) is 75.4 Å². The van der Waals surface area contributed by atoms with Crippen LogP contribution in [0, 0.1) is 12.8 Å². The number of hydrogen-bond acceptors (Lipinski definition) is 2. The number of nitrogens with zero attached hydrogens (tertiary/aromatic N) is 1. The zero-order chi connectivity index (χ0) is 25.4. The summed E-state index contributed by atoms with van der Waals surface area (Å²) in [7, 11) is 0. The van der Waals surface area contributed by atoms with Crippen molar-refractivity contribution in [2.45, 2.75) is 46.2 Å². The number of hydrogen-bond donors (Lipinski definition) is 1. The molecule has 0 aliphatic rings. The van der Waals surface area contributed by atoms with Crippen LogP contribution in [0.15, 0.2) is 72.8 Å². The summed E-state index contributed by atoms with van der Waals surface area (Å²) in [6, 6.07) is 22.1. The van der Waals surface area contributed by atoms with E-state index in [2.05, 4.69) is 5.32 Å². The van der Waals surface area contributed by atoms with E-state index in [1.54, 1.807) is 23.1 Å². The second-order valence-corrected chi connectivity index (χ2v) is 9.98. The van der Waals surface area contributed by atoms with Crippen molar-refractivity contribution in [3.63, 3.8) is 0 Å². The van der Waals surface area contributed by atoms with Crippen LogP contribution in [0.1, 0.15) is 36.1 Å². The predicted octanol–water partition coefficient (Wildman–Crippen LogP) is 6.26. The topological polar surface area (TPSA) is 49.4 Å². The number of carbonyl (C=O) groups excluding carboxylic acids is 2. The molecule has 0 heterocycles. The minimum absolute atomic E-state index is 0.135. The Morgan fingerprint density at radius 1 is 0.886 bits per heavy atom. The van der Waals surface area contributed by atoms with Crippen LogP contribution >= 0.6 is 23.2 Å². The maximum atomic E-state index is 13.8. The molecule has 0 fully saturated rings. The van der Waals surface area contributed by atoms with Gasteiger partial charge < -0.3 is 10.2 Å². The van der Waals surface area contributed by atoms with Crippen molar-refractivity contribution in [2.24, 2.45) is 5.92 Å². The van der Waals surface area contributed by atoms with Crippen molar-refractivity contribution in [3.8, 4) is 0 Å². The highest BCUT2D eigenvalue weighted by Gasteiger charge is 2.31. The van der Waals surface area contributed by atoms with Crippen LogP contribution in [0.3, 0.4) is 0 Å². The van der Waals surface area contributed by atoms with E-state index in [0.717, 1.165) is 16.7 Å². The fourth-order valence-electron chi connectivity index (χ4n) is 3.90. The van der Waals surface area contributed by atoms with Crippen LogP contribution in [-0.2, 0) is 29.0 Å². The van der Waals surface area contributed by atoms with E-state index in [1.165, 1.54) is 0 Å². The van der Waals surface area contributed by atoms with E-state index in [0.29, 0.717) is 28.6 Å². The highest BCUT2D eigenvalue weighted by atomic mass is 35.5. The molecule has 0 aromatic heterocycles. The SMILES string of the molecule is Cc1ccccc1CC(=O)N(Cc1c(Cl)cccc1Cl)C(Cc1ccccc1)C(=O)NCC(C)C. The van der Waals surface area contributed by atoms with Crippen molar-refractivity contribution < 1.29 is 9.59 Å². The van der Waals surface area contributed by atoms with Gasteiger partial charge in [0.15, 0.2) is 0 Å². The molecule has 2 amide bonds. The van der Waals surface area contributed by atoms with Gasteiger partial charge in [0, 0.05) is 35.1 Å². The molecular weight excluding hydrogens is 479 g/mol. The van der Waals surface area contributed by atoms with Gasteiger partial charge in [-0.25, -0.2) is 0 Å². The molecular formula is C29H32Cl2N2O2. The largest absolute Gasteiger partial charge is 0.354 e. The van der Waals surface area contributed by atoms with E-state index in [4.69, 9.17) is 23.2 Å². The lowest BCUT2D eigenvalue weighted by Gasteiger charge is -2.32. The summed E-state index contributed by atoms with van der Waals surface area (Å²) in [6.45, 7) is 6.72. The molecule has 184 valence electrons. The van der Waals surface area contributed by atoms with Crippen molar-refractivity contribution in [1.82, 2.24) is 10.2 Å². The first-order valence-corrected chi connectivity index (χ1v) is 12.6. The molecule has 4 nitrogen and oxygen atoms in total. The first-order chi connectivity index (χ1) is 16.8. The van der Waals surface area contributed by atoms with Gasteiger partial charge in [-0.3, -0.25) is 9.59 Å². The van der Waals surface area contributed by atoms with Gasteiger partial charge in [-0.1, -0.05) is 97.7 Å². The van der Waals surface area contributed by atoms with E-state index in [9.17, 15) is 9.59 Å². The van der Waals surface area contributed by atoms with Crippen LogP contribution < -0.4 is 5.32 Å². The molecule has 1 N–H and O–H groups in total. The van der Waals surface area contributed by atoms with Gasteiger partial charge in [-0.2, -0.15) is 0 Å². The molecule has 1 atom stereocenters. The number of carbonyl (C=O) groups is 2. The quantitative estimate of drug-likeness (QED) is 0.350. The van der Waals surface area contributed by atoms with Crippen LogP contribution in [0.25, 0.3) is 0 Å². The lowest BCUT2D eigenvalue weighted by molar-refractivity contribution is -0.140. The van der Waals surface area contributed by atoms with E-state index in [-0.39, 0.29) is 30.7 Å². The van der Waals surface area contributed by atoms with Crippen molar-refractivity contribution >= 4 is 35.0 Å². The number of benzene rings is 3. The average molecular weight is 511 g/mol. The standard InChI is InChI=1S/C29H32Cl2N2O2/c1-20(2)18-32-29(35)27(16-22-11-5-4-6-12-22)33(19-24-25(30)14-9-15-26(24)31)28(34)17-23-13-8-7-10-21(23)3/h4-15,20,27H,16-19H2,1-3H3,(H,32,35). The minimum atomic E-state index is -0.722. The van der Waals surface area contributed by atoms with Gasteiger partial charge in [0.2, 0.25) is 11.8 Å². The number of halogens is 2. The summed E-state index contributed by atoms with van der Waals surface area (Å²) in [5.41, 5.74) is 3.55. The Labute approximate surface area is 218 Å². The Morgan fingerprint density at radius 2 is 1.51 bits per heavy atom. The highest BCUT2D eigenvalue weighted by Crippen LogP contribution is 2.27. The van der Waals surface area contributed by atoms with Gasteiger partial charge in [0.25, 0.3) is 0 Å². The summed E-state index contributed by atoms with van der Waals surface area (Å²) < 4.78 is 0. The molecule has 0 aliphatic carbocycles. The third-order valence-corrected chi connectivity index (χ3v) is 6.66. The molecule has 3 aromatic rings. The Bertz CT molecular complexity index is 1130. The maximum absolute atomic E-state index is 13.8. The van der Waals surface area contributed by atoms with Gasteiger partial charge >= 0.3 is 0 Å². The molecule has 0 aliphatic heterocycles. The smallest absolute Gasteiger partial charge is 0.243 e. The van der Waals surface area contributed by atoms with Gasteiger partial charge in [0.05, 0.1) is 6.42 Å². The Balaban J connectivity index is 2.02. The fraction of sp³-hybridized carbons (Fsp3) is 0.310. The number of rotatable bonds is 10. The summed E-state index contributed by atoms with van der Waals surface area (Å²) in [5, 5.41) is 3.96. The van der Waals surface area contributed by atoms with Crippen molar-refractivity contribution in [2.75, 3.05) is 6.54 Å². The zero-order valence-corrected chi connectivity index (χ0v) is 21.9. The summed E-state index contributed by atoms with van der Waals surface area (Å²) in [5.74, 6) is -0.0646. The molecule has 0 spiro atoms. The second-order valence-electron chi connectivity index (χ2n) is 9.17. The number of nitrogens with one attached hydrogen (secondary N) is 1. The lowest BCUT2D eigenvalue weighted by Crippen LogP contribution is -2.51. The molecule has 35 heavy (non-hydrogen) atoms. The summed E-state index contributed by atoms with van der Waals surface area (Å²) in [4.78, 5) is 29.0. The molecule has 0 saturated carbocycles. The van der Waals surface area contributed by atoms with E-state index < -0.39 is 6.04 Å². The Kier molecular flexibility index (Phi) is 9.76. The molecule has 3 aromatic carbocycles. The third kappa shape index (κ3) is 7.58. The fourth-order valence-corrected chi connectivity index (χ4v) is 4.42. The van der Waals surface area contributed by atoms with Gasteiger partial charge in [-0.15, -0.1) is 0 Å². The zero-order valence-electron chi connectivity index (χ0n) is 20.4. The maximum Gasteiger partial charge on any atom is 0.243 e. The Morgan fingerprint density at radius 3 is 2.14 bits per heavy atom. The van der Waals surface area contributed by atoms with Crippen molar-refractivity contribution in [3.05, 3.63) is 105 Å². The third-order valence-electron chi connectivity index (χ3n) is 5.95. The molecule has 0 saturated heterocycles. The molecule has 3 rings (SSSR count). The van der Waals surface area contributed by atoms with Crippen LogP contribution in [0.4, 0.5) is 0 Å². The number of aryl methyl sites for hydroxylation is 1. The normalized spacial score (nSPS) is 11.8. The highest BCUT2D eigenvalue weighted by molar-refractivity contribution is 6.36. The monoisotopic (exact) mass is 510 g/mol. The second kappa shape index (κ2) is 12.8. The lowest BCUT2D eigenvalue weighted by atomic mass is 10.00. The molecule has 0 radical (unpaired) electrons. The van der Waals surface area contributed by atoms with Crippen LogP contribution in [0.2, 0.25) is 10.0 Å².